The van der Waals surface area contributed by atoms with E-state index in [0.717, 1.165) is 40.6 Å². The molecule has 1 aromatic heterocycles. The van der Waals surface area contributed by atoms with Crippen LogP contribution in [0.4, 0.5) is 17.5 Å². The highest BCUT2D eigenvalue weighted by atomic mass is 35.5. The first-order chi connectivity index (χ1) is 14.6. The summed E-state index contributed by atoms with van der Waals surface area (Å²) < 4.78 is 0. The van der Waals surface area contributed by atoms with E-state index in [1.165, 1.54) is 0 Å². The third kappa shape index (κ3) is 3.25. The minimum absolute atomic E-state index is 0.0140. The van der Waals surface area contributed by atoms with Crippen molar-refractivity contribution < 1.29 is 4.79 Å². The average molecular weight is 416 g/mol. The quantitative estimate of drug-likeness (QED) is 0.617. The lowest BCUT2D eigenvalue weighted by Crippen LogP contribution is -2.32. The minimum atomic E-state index is 0.0140. The number of ketones is 1. The second kappa shape index (κ2) is 7.39. The summed E-state index contributed by atoms with van der Waals surface area (Å²) in [5.41, 5.74) is 4.23. The molecule has 1 N–H and O–H groups in total. The van der Waals surface area contributed by atoms with Crippen molar-refractivity contribution >= 4 is 52.3 Å². The standard InChI is InChI=1S/C23H18ClN5O/c1-14(30)15-5-4-6-17(11-15)27-23-26-13-16-12-19(18-7-2-3-8-20(18)24)22-25-9-10-29(22)21(16)28-23/h2-8,11-13H,9-10H2,1H3,(H,26,27,28). The molecule has 148 valence electrons. The maximum absolute atomic E-state index is 11.6. The van der Waals surface area contributed by atoms with E-state index in [-0.39, 0.29) is 5.78 Å². The molecule has 0 fully saturated rings. The van der Waals surface area contributed by atoms with Crippen LogP contribution in [0.2, 0.25) is 5.02 Å². The van der Waals surface area contributed by atoms with Gasteiger partial charge in [-0.3, -0.25) is 9.79 Å². The molecule has 3 heterocycles. The van der Waals surface area contributed by atoms with Gasteiger partial charge in [0.1, 0.15) is 11.7 Å². The molecule has 0 radical (unpaired) electrons. The lowest BCUT2D eigenvalue weighted by Gasteiger charge is -2.27. The molecule has 0 amide bonds. The number of aliphatic imine (C=N–C) groups is 1. The van der Waals surface area contributed by atoms with E-state index in [4.69, 9.17) is 21.6 Å². The van der Waals surface area contributed by atoms with E-state index in [1.807, 2.05) is 42.5 Å². The summed E-state index contributed by atoms with van der Waals surface area (Å²) >= 11 is 6.45. The van der Waals surface area contributed by atoms with E-state index in [2.05, 4.69) is 15.2 Å². The first kappa shape index (κ1) is 18.5. The van der Waals surface area contributed by atoms with Crippen molar-refractivity contribution in [1.82, 2.24) is 9.97 Å². The molecule has 0 aliphatic carbocycles. The monoisotopic (exact) mass is 415 g/mol. The van der Waals surface area contributed by atoms with Crippen LogP contribution in [0.15, 0.2) is 59.7 Å². The van der Waals surface area contributed by atoms with Gasteiger partial charge in [-0.05, 0) is 31.2 Å². The maximum atomic E-state index is 11.6. The fourth-order valence-electron chi connectivity index (χ4n) is 3.69. The molecule has 2 aliphatic rings. The number of aromatic nitrogens is 2. The summed E-state index contributed by atoms with van der Waals surface area (Å²) in [7, 11) is 0. The summed E-state index contributed by atoms with van der Waals surface area (Å²) in [6, 6.07) is 15.1. The molecule has 3 aromatic rings. The van der Waals surface area contributed by atoms with E-state index < -0.39 is 0 Å². The van der Waals surface area contributed by atoms with Crippen LogP contribution in [0.3, 0.4) is 0 Å². The van der Waals surface area contributed by atoms with Gasteiger partial charge < -0.3 is 10.2 Å². The Balaban J connectivity index is 1.53. The smallest absolute Gasteiger partial charge is 0.229 e. The summed E-state index contributed by atoms with van der Waals surface area (Å²) in [5.74, 6) is 2.16. The van der Waals surface area contributed by atoms with Gasteiger partial charge in [-0.1, -0.05) is 41.9 Å². The molecular formula is C23H18ClN5O. The summed E-state index contributed by atoms with van der Waals surface area (Å²) in [6.45, 7) is 3.00. The number of fused-ring (bicyclic) bond motifs is 3. The normalized spacial score (nSPS) is 14.5. The average Bonchev–Trinajstić information content (AvgIpc) is 3.24. The Hall–Kier alpha value is -3.51. The number of halogens is 1. The fraction of sp³-hybridized carbons (Fsp3) is 0.130. The van der Waals surface area contributed by atoms with Gasteiger partial charge in [0.2, 0.25) is 5.95 Å². The maximum Gasteiger partial charge on any atom is 0.229 e. The highest BCUT2D eigenvalue weighted by Gasteiger charge is 2.31. The topological polar surface area (TPSA) is 70.5 Å². The molecule has 0 saturated heterocycles. The number of amidine groups is 1. The zero-order valence-corrected chi connectivity index (χ0v) is 17.0. The zero-order chi connectivity index (χ0) is 20.7. The number of rotatable bonds is 4. The molecule has 0 spiro atoms. The van der Waals surface area contributed by atoms with Crippen LogP contribution in [0.1, 0.15) is 28.4 Å². The second-order valence-electron chi connectivity index (χ2n) is 7.13. The van der Waals surface area contributed by atoms with Crippen molar-refractivity contribution in [3.8, 4) is 0 Å². The molecule has 2 aliphatic heterocycles. The Morgan fingerprint density at radius 3 is 2.87 bits per heavy atom. The molecule has 30 heavy (non-hydrogen) atoms. The Morgan fingerprint density at radius 2 is 2.03 bits per heavy atom. The number of nitrogens with zero attached hydrogens (tertiary/aromatic N) is 4. The molecule has 0 unspecified atom stereocenters. The largest absolute Gasteiger partial charge is 0.324 e. The lowest BCUT2D eigenvalue weighted by atomic mass is 9.98. The number of hydrogen-bond acceptors (Lipinski definition) is 6. The van der Waals surface area contributed by atoms with E-state index in [9.17, 15) is 4.79 Å². The third-order valence-corrected chi connectivity index (χ3v) is 5.45. The molecule has 5 rings (SSSR count). The second-order valence-corrected chi connectivity index (χ2v) is 7.54. The number of carbonyl (C=O) groups is 1. The highest BCUT2D eigenvalue weighted by Crippen LogP contribution is 2.37. The van der Waals surface area contributed by atoms with Crippen LogP contribution >= 0.6 is 11.6 Å². The number of hydrogen-bond donors (Lipinski definition) is 1. The van der Waals surface area contributed by atoms with Crippen LogP contribution in [-0.2, 0) is 0 Å². The summed E-state index contributed by atoms with van der Waals surface area (Å²) in [6.07, 6.45) is 3.84. The SMILES string of the molecule is CC(=O)c1cccc(Nc2ncc3c(n2)N2CCN=C2C(c2ccccc2Cl)=C3)c1. The predicted octanol–water partition coefficient (Wildman–Crippen LogP) is 4.85. The van der Waals surface area contributed by atoms with E-state index in [1.54, 1.807) is 25.3 Å². The molecular weight excluding hydrogens is 398 g/mol. The first-order valence-corrected chi connectivity index (χ1v) is 10.0. The molecule has 2 aromatic carbocycles. The van der Waals surface area contributed by atoms with Crippen LogP contribution in [-0.4, -0.2) is 34.7 Å². The van der Waals surface area contributed by atoms with Gasteiger partial charge in [0, 0.05) is 45.7 Å². The Morgan fingerprint density at radius 1 is 1.17 bits per heavy atom. The number of benzene rings is 2. The fourth-order valence-corrected chi connectivity index (χ4v) is 3.92. The van der Waals surface area contributed by atoms with Gasteiger partial charge in [0.05, 0.1) is 6.54 Å². The van der Waals surface area contributed by atoms with Crippen molar-refractivity contribution in [2.24, 2.45) is 4.99 Å². The van der Waals surface area contributed by atoms with E-state index in [0.29, 0.717) is 23.1 Å². The molecule has 0 bridgehead atoms. The molecule has 0 atom stereocenters. The van der Waals surface area contributed by atoms with E-state index >= 15 is 0 Å². The van der Waals surface area contributed by atoms with Gasteiger partial charge in [0.15, 0.2) is 5.78 Å². The summed E-state index contributed by atoms with van der Waals surface area (Å²) in [5, 5.41) is 3.88. The van der Waals surface area contributed by atoms with Crippen molar-refractivity contribution in [2.45, 2.75) is 6.92 Å². The van der Waals surface area contributed by atoms with Gasteiger partial charge in [-0.25, -0.2) is 4.98 Å². The molecule has 0 saturated carbocycles. The van der Waals surface area contributed by atoms with Gasteiger partial charge >= 0.3 is 0 Å². The Kier molecular flexibility index (Phi) is 4.56. The summed E-state index contributed by atoms with van der Waals surface area (Å²) in [4.78, 5) is 27.7. The zero-order valence-electron chi connectivity index (χ0n) is 16.3. The van der Waals surface area contributed by atoms with Gasteiger partial charge in [-0.15, -0.1) is 0 Å². The van der Waals surface area contributed by atoms with Crippen LogP contribution in [0.25, 0.3) is 11.6 Å². The number of carbonyl (C=O) groups excluding carboxylic acids is 1. The number of anilines is 3. The predicted molar refractivity (Wildman–Crippen MR) is 121 cm³/mol. The Labute approximate surface area is 179 Å². The van der Waals surface area contributed by atoms with Crippen molar-refractivity contribution in [2.75, 3.05) is 23.3 Å². The van der Waals surface area contributed by atoms with Crippen LogP contribution < -0.4 is 10.2 Å². The van der Waals surface area contributed by atoms with Crippen molar-refractivity contribution in [3.05, 3.63) is 76.4 Å². The lowest BCUT2D eigenvalue weighted by molar-refractivity contribution is 0.101. The van der Waals surface area contributed by atoms with Gasteiger partial charge in [0.25, 0.3) is 0 Å². The van der Waals surface area contributed by atoms with Crippen LogP contribution in [0, 0.1) is 0 Å². The third-order valence-electron chi connectivity index (χ3n) is 5.12. The molecule has 6 nitrogen and oxygen atoms in total. The number of nitrogens with one attached hydrogen (secondary N) is 1. The number of Topliss-reactive ketones (excluding diaryl/α,β-unsaturated/α-hetero) is 1. The first-order valence-electron chi connectivity index (χ1n) is 9.64. The molecule has 7 heteroatoms. The highest BCUT2D eigenvalue weighted by molar-refractivity contribution is 6.40. The van der Waals surface area contributed by atoms with Crippen LogP contribution in [0.5, 0.6) is 0 Å². The van der Waals surface area contributed by atoms with Crippen molar-refractivity contribution in [1.29, 1.82) is 0 Å². The minimum Gasteiger partial charge on any atom is -0.324 e. The van der Waals surface area contributed by atoms with Crippen molar-refractivity contribution in [3.63, 3.8) is 0 Å². The Bertz CT molecular complexity index is 1230. The van der Waals surface area contributed by atoms with Gasteiger partial charge in [-0.2, -0.15) is 4.98 Å².